The molecule has 0 aliphatic carbocycles. The third-order valence-electron chi connectivity index (χ3n) is 2.07. The molecule has 25 heavy (non-hydrogen) atoms. The summed E-state index contributed by atoms with van der Waals surface area (Å²) in [4.78, 5) is 26.1. The number of nitrogens with two attached hydrogens (primary N) is 1. The molecule has 10 heteroatoms. The summed E-state index contributed by atoms with van der Waals surface area (Å²) in [6.07, 6.45) is 0. The van der Waals surface area contributed by atoms with Crippen LogP contribution in [0, 0.1) is 0 Å². The van der Waals surface area contributed by atoms with Gasteiger partial charge in [-0.05, 0) is 0 Å². The summed E-state index contributed by atoms with van der Waals surface area (Å²) in [7, 11) is -4.60. The maximum absolute atomic E-state index is 9.98. The monoisotopic (exact) mass is 387 g/mol. The average molecular weight is 387 g/mol. The molecule has 7 N–H and O–H groups in total. The highest BCUT2D eigenvalue weighted by atomic mass is 31.2. The molecule has 0 fully saturated rings. The van der Waals surface area contributed by atoms with Crippen molar-refractivity contribution in [3.05, 3.63) is 0 Å². The molecule has 0 aromatic rings. The van der Waals surface area contributed by atoms with Crippen molar-refractivity contribution in [3.8, 4) is 0 Å². The zero-order chi connectivity index (χ0) is 20.8. The highest BCUT2D eigenvalue weighted by Crippen LogP contribution is 2.35. The second kappa shape index (κ2) is 15.7. The van der Waals surface area contributed by atoms with Crippen molar-refractivity contribution in [2.75, 3.05) is 6.61 Å². The molecular weight excluding hydrogens is 349 g/mol. The Morgan fingerprint density at radius 2 is 1.20 bits per heavy atom. The van der Waals surface area contributed by atoms with Crippen molar-refractivity contribution < 1.29 is 28.8 Å². The van der Waals surface area contributed by atoms with Crippen LogP contribution in [0.5, 0.6) is 0 Å². The molecule has 1 atom stereocenters. The molecule has 0 aliphatic heterocycles. The van der Waals surface area contributed by atoms with Gasteiger partial charge in [0, 0.05) is 24.2 Å². The largest absolute Gasteiger partial charge is 0.480 e. The predicted molar refractivity (Wildman–Crippen MR) is 100 cm³/mol. The van der Waals surface area contributed by atoms with Gasteiger partial charge < -0.3 is 31.3 Å². The Balaban J connectivity index is -0.000000304. The third kappa shape index (κ3) is 35.4. The van der Waals surface area contributed by atoms with E-state index in [1.807, 2.05) is 0 Å². The van der Waals surface area contributed by atoms with E-state index in [4.69, 9.17) is 20.6 Å². The molecular formula is C15H38N3O6P. The topological polar surface area (TPSA) is 154 Å². The normalized spacial score (nSPS) is 12.6. The van der Waals surface area contributed by atoms with Gasteiger partial charge in [0.05, 0.1) is 6.61 Å². The first kappa shape index (κ1) is 29.2. The molecule has 0 radical (unpaired) electrons. The summed E-state index contributed by atoms with van der Waals surface area (Å²) in [5.74, 6) is -1.38. The van der Waals surface area contributed by atoms with E-state index in [1.165, 1.54) is 0 Å². The lowest BCUT2D eigenvalue weighted by Gasteiger charge is -2.10. The zero-order valence-corrected chi connectivity index (χ0v) is 17.6. The summed E-state index contributed by atoms with van der Waals surface area (Å²) in [5.41, 5.74) is 4.86. The van der Waals surface area contributed by atoms with Crippen LogP contribution in [0.15, 0.2) is 0 Å². The first-order valence-electron chi connectivity index (χ1n) is 8.29. The lowest BCUT2D eigenvalue weighted by atomic mass is 10.3. The Kier molecular flexibility index (Phi) is 18.4. The Hall–Kier alpha value is -0.540. The fraction of sp³-hybridized carbons (Fsp3) is 0.933. The van der Waals surface area contributed by atoms with Crippen LogP contribution in [-0.4, -0.2) is 57.7 Å². The Morgan fingerprint density at radius 3 is 1.32 bits per heavy atom. The minimum Gasteiger partial charge on any atom is -0.480 e. The van der Waals surface area contributed by atoms with Crippen molar-refractivity contribution in [1.82, 2.24) is 10.6 Å². The number of hydrogen-bond acceptors (Lipinski definition) is 6. The van der Waals surface area contributed by atoms with Gasteiger partial charge in [0.1, 0.15) is 6.04 Å². The van der Waals surface area contributed by atoms with Crippen molar-refractivity contribution in [3.63, 3.8) is 0 Å². The SMILES string of the molecule is CC(C)NC(C)C.CC(C)NC(C)C.N[C@@H](COP(=O)(O)O)C(=O)O. The lowest BCUT2D eigenvalue weighted by molar-refractivity contribution is -0.139. The van der Waals surface area contributed by atoms with Gasteiger partial charge in [-0.15, -0.1) is 0 Å². The van der Waals surface area contributed by atoms with Gasteiger partial charge in [-0.25, -0.2) is 4.57 Å². The maximum Gasteiger partial charge on any atom is 0.469 e. The van der Waals surface area contributed by atoms with Gasteiger partial charge in [0.2, 0.25) is 0 Å². The third-order valence-corrected chi connectivity index (χ3v) is 2.56. The highest BCUT2D eigenvalue weighted by Gasteiger charge is 2.19. The second-order valence-corrected chi connectivity index (χ2v) is 7.92. The van der Waals surface area contributed by atoms with E-state index in [1.54, 1.807) is 0 Å². The van der Waals surface area contributed by atoms with Crippen LogP contribution in [0.4, 0.5) is 0 Å². The number of phosphoric ester groups is 1. The van der Waals surface area contributed by atoms with E-state index in [9.17, 15) is 9.36 Å². The summed E-state index contributed by atoms with van der Waals surface area (Å²) in [5, 5.41) is 14.7. The maximum atomic E-state index is 9.98. The Labute approximate surface area is 152 Å². The van der Waals surface area contributed by atoms with Gasteiger partial charge in [0.25, 0.3) is 0 Å². The van der Waals surface area contributed by atoms with Crippen LogP contribution in [0.25, 0.3) is 0 Å². The van der Waals surface area contributed by atoms with Gasteiger partial charge in [-0.3, -0.25) is 9.32 Å². The number of phosphoric acid groups is 1. The first-order valence-corrected chi connectivity index (χ1v) is 9.82. The summed E-state index contributed by atoms with van der Waals surface area (Å²) < 4.78 is 13.8. The fourth-order valence-electron chi connectivity index (χ4n) is 1.58. The molecule has 9 nitrogen and oxygen atoms in total. The summed E-state index contributed by atoms with van der Waals surface area (Å²) in [6, 6.07) is 1.09. The zero-order valence-electron chi connectivity index (χ0n) is 16.7. The molecule has 0 heterocycles. The molecule has 0 saturated heterocycles. The standard InChI is InChI=1S/2C6H15N.C3H8NO6P/c2*1-5(2)7-6(3)4;4-2(3(5)6)1-10-11(7,8)9/h2*5-7H,1-4H3;2H,1,4H2,(H,5,6)(H2,7,8,9)/t;;2-/m..0/s1. The van der Waals surface area contributed by atoms with E-state index < -0.39 is 26.4 Å². The number of aliphatic carboxylic acids is 1. The van der Waals surface area contributed by atoms with Crippen LogP contribution in [0.2, 0.25) is 0 Å². The predicted octanol–water partition coefficient (Wildman–Crippen LogP) is 1.29. The molecule has 154 valence electrons. The molecule has 0 aromatic carbocycles. The molecule has 0 rings (SSSR count). The number of carboxylic acid groups (broad SMARTS) is 1. The minimum atomic E-state index is -4.60. The van der Waals surface area contributed by atoms with Crippen LogP contribution < -0.4 is 16.4 Å². The number of nitrogens with one attached hydrogen (secondary N) is 2. The van der Waals surface area contributed by atoms with Crippen LogP contribution in [0.1, 0.15) is 55.4 Å². The van der Waals surface area contributed by atoms with E-state index in [0.717, 1.165) is 0 Å². The van der Waals surface area contributed by atoms with Crippen molar-refractivity contribution in [2.45, 2.75) is 85.6 Å². The van der Waals surface area contributed by atoms with Gasteiger partial charge in [0.15, 0.2) is 0 Å². The van der Waals surface area contributed by atoms with Crippen LogP contribution in [0.3, 0.4) is 0 Å². The average Bonchev–Trinajstić information content (AvgIpc) is 2.32. The van der Waals surface area contributed by atoms with Crippen molar-refractivity contribution >= 4 is 13.8 Å². The minimum absolute atomic E-state index is 0.625. The van der Waals surface area contributed by atoms with Crippen LogP contribution >= 0.6 is 7.82 Å². The van der Waals surface area contributed by atoms with Crippen LogP contribution in [-0.2, 0) is 13.9 Å². The van der Waals surface area contributed by atoms with Gasteiger partial charge in [-0.2, -0.15) is 0 Å². The number of hydrogen-bond donors (Lipinski definition) is 6. The van der Waals surface area contributed by atoms with E-state index in [-0.39, 0.29) is 0 Å². The highest BCUT2D eigenvalue weighted by molar-refractivity contribution is 7.46. The van der Waals surface area contributed by atoms with Crippen molar-refractivity contribution in [1.29, 1.82) is 0 Å². The summed E-state index contributed by atoms with van der Waals surface area (Å²) >= 11 is 0. The van der Waals surface area contributed by atoms with Gasteiger partial charge in [-0.1, -0.05) is 55.4 Å². The number of carboxylic acids is 1. The lowest BCUT2D eigenvalue weighted by Crippen LogP contribution is -2.34. The molecule has 0 aliphatic rings. The Morgan fingerprint density at radius 1 is 0.920 bits per heavy atom. The van der Waals surface area contributed by atoms with E-state index in [0.29, 0.717) is 24.2 Å². The molecule has 0 saturated carbocycles. The summed E-state index contributed by atoms with van der Waals surface area (Å²) in [6.45, 7) is 16.5. The first-order chi connectivity index (χ1) is 11.1. The quantitative estimate of drug-likeness (QED) is 0.338. The van der Waals surface area contributed by atoms with Gasteiger partial charge >= 0.3 is 13.8 Å². The van der Waals surface area contributed by atoms with Crippen molar-refractivity contribution in [2.24, 2.45) is 5.73 Å². The fourth-order valence-corrected chi connectivity index (χ4v) is 1.94. The molecule has 0 bridgehead atoms. The Bertz CT molecular complexity index is 346. The number of rotatable bonds is 8. The smallest absolute Gasteiger partial charge is 0.469 e. The molecule has 0 aromatic heterocycles. The van der Waals surface area contributed by atoms with E-state index in [2.05, 4.69) is 70.5 Å². The molecule has 0 amide bonds. The van der Waals surface area contributed by atoms with E-state index >= 15 is 0 Å². The number of carbonyl (C=O) groups is 1. The molecule has 0 unspecified atom stereocenters. The molecule has 0 spiro atoms. The second-order valence-electron chi connectivity index (χ2n) is 6.68.